The van der Waals surface area contributed by atoms with Gasteiger partial charge < -0.3 is 5.43 Å². The van der Waals surface area contributed by atoms with Crippen molar-refractivity contribution in [3.63, 3.8) is 0 Å². The van der Waals surface area contributed by atoms with Crippen molar-refractivity contribution in [2.24, 2.45) is 5.84 Å². The average molecular weight is 259 g/mol. The van der Waals surface area contributed by atoms with E-state index in [1.807, 2.05) is 12.3 Å². The van der Waals surface area contributed by atoms with Crippen LogP contribution in [0.25, 0.3) is 0 Å². The van der Waals surface area contributed by atoms with Gasteiger partial charge in [-0.2, -0.15) is 0 Å². The lowest BCUT2D eigenvalue weighted by Gasteiger charge is -1.97. The summed E-state index contributed by atoms with van der Waals surface area (Å²) in [5.74, 6) is 6.07. The molecular weight excluding hydrogens is 250 g/mol. The van der Waals surface area contributed by atoms with Crippen LogP contribution in [-0.4, -0.2) is 14.6 Å². The summed E-state index contributed by atoms with van der Waals surface area (Å²) in [4.78, 5) is 4.35. The van der Waals surface area contributed by atoms with Crippen molar-refractivity contribution in [1.29, 1.82) is 0 Å². The first-order valence-electron chi connectivity index (χ1n) is 4.12. The first-order chi connectivity index (χ1) is 7.29. The lowest BCUT2D eigenvalue weighted by Crippen LogP contribution is -2.06. The van der Waals surface area contributed by atoms with Crippen LogP contribution in [0.1, 0.15) is 11.4 Å². The molecule has 0 bridgehead atoms. The molecule has 5 nitrogen and oxygen atoms in total. The van der Waals surface area contributed by atoms with Crippen LogP contribution in [0.5, 0.6) is 0 Å². The van der Waals surface area contributed by atoms with Crippen LogP contribution < -0.4 is 11.3 Å². The fourth-order valence-corrected chi connectivity index (χ4v) is 3.31. The predicted molar refractivity (Wildman–Crippen MR) is 64.1 cm³/mol. The third-order valence-electron chi connectivity index (χ3n) is 1.62. The normalized spacial score (nSPS) is 10.5. The van der Waals surface area contributed by atoms with Crippen LogP contribution in [0.4, 0.5) is 5.00 Å². The third-order valence-corrected chi connectivity index (χ3v) is 4.47. The molecule has 0 saturated heterocycles. The Morgan fingerprint density at radius 3 is 3.13 bits per heavy atom. The van der Waals surface area contributed by atoms with E-state index in [4.69, 9.17) is 5.84 Å². The lowest BCUT2D eigenvalue weighted by atomic mass is 10.5. The van der Waals surface area contributed by atoms with Crippen LogP contribution >= 0.6 is 34.6 Å². The van der Waals surface area contributed by atoms with E-state index >= 15 is 0 Å². The summed E-state index contributed by atoms with van der Waals surface area (Å²) >= 11 is 4.55. The van der Waals surface area contributed by atoms with Crippen molar-refractivity contribution in [2.75, 3.05) is 5.43 Å². The first kappa shape index (κ1) is 10.8. The zero-order chi connectivity index (χ0) is 10.7. The fourth-order valence-electron chi connectivity index (χ4n) is 0.941. The van der Waals surface area contributed by atoms with E-state index in [2.05, 4.69) is 20.0 Å². The van der Waals surface area contributed by atoms with E-state index in [1.54, 1.807) is 23.1 Å². The minimum atomic E-state index is 0.739. The van der Waals surface area contributed by atoms with Crippen LogP contribution in [0.2, 0.25) is 0 Å². The van der Waals surface area contributed by atoms with Gasteiger partial charge in [0.05, 0.1) is 0 Å². The molecule has 8 heteroatoms. The number of aromatic nitrogens is 3. The summed E-state index contributed by atoms with van der Waals surface area (Å²) in [7, 11) is 0. The van der Waals surface area contributed by atoms with Crippen molar-refractivity contribution >= 4 is 39.6 Å². The van der Waals surface area contributed by atoms with E-state index in [9.17, 15) is 0 Å². The molecule has 2 rings (SSSR count). The number of hydrogen-bond donors (Lipinski definition) is 2. The van der Waals surface area contributed by atoms with Gasteiger partial charge in [0.25, 0.3) is 0 Å². The molecule has 0 radical (unpaired) electrons. The quantitative estimate of drug-likeness (QED) is 0.496. The second-order valence-electron chi connectivity index (χ2n) is 2.74. The molecule has 0 aromatic carbocycles. The Balaban J connectivity index is 1.98. The summed E-state index contributed by atoms with van der Waals surface area (Å²) in [6.07, 6.45) is 0. The van der Waals surface area contributed by atoms with Crippen LogP contribution in [-0.2, 0) is 5.75 Å². The minimum absolute atomic E-state index is 0.739. The number of thiazole rings is 1. The summed E-state index contributed by atoms with van der Waals surface area (Å²) in [5.41, 5.74) is 4.51. The number of rotatable bonds is 4. The number of nitrogens with two attached hydrogens (primary N) is 1. The van der Waals surface area contributed by atoms with Crippen molar-refractivity contribution in [3.8, 4) is 0 Å². The van der Waals surface area contributed by atoms with E-state index in [0.29, 0.717) is 0 Å². The van der Waals surface area contributed by atoms with E-state index < -0.39 is 0 Å². The number of aryl methyl sites for hydroxylation is 1. The second-order valence-corrected chi connectivity index (χ2v) is 5.57. The maximum atomic E-state index is 5.33. The van der Waals surface area contributed by atoms with Gasteiger partial charge in [-0.15, -0.1) is 16.4 Å². The molecule has 2 aromatic heterocycles. The van der Waals surface area contributed by atoms with Gasteiger partial charge in [0, 0.05) is 28.4 Å². The first-order valence-corrected chi connectivity index (χ1v) is 6.76. The van der Waals surface area contributed by atoms with Crippen molar-refractivity contribution in [3.05, 3.63) is 16.8 Å². The van der Waals surface area contributed by atoms with E-state index in [-0.39, 0.29) is 0 Å². The van der Waals surface area contributed by atoms with Gasteiger partial charge in [0.1, 0.15) is 15.0 Å². The second kappa shape index (κ2) is 4.88. The number of nitrogen functional groups attached to an aromatic ring is 1. The van der Waals surface area contributed by atoms with Gasteiger partial charge in [-0.05, 0) is 6.92 Å². The van der Waals surface area contributed by atoms with Gasteiger partial charge in [-0.3, -0.25) is 0 Å². The highest BCUT2D eigenvalue weighted by Gasteiger charge is 2.08. The van der Waals surface area contributed by atoms with Crippen LogP contribution in [0, 0.1) is 6.92 Å². The third kappa shape index (κ3) is 2.65. The number of nitrogens with one attached hydrogen (secondary N) is 1. The Morgan fingerprint density at radius 1 is 1.60 bits per heavy atom. The largest absolute Gasteiger partial charge is 0.313 e. The highest BCUT2D eigenvalue weighted by atomic mass is 32.2. The molecule has 0 fully saturated rings. The average Bonchev–Trinajstić information content (AvgIpc) is 2.83. The zero-order valence-corrected chi connectivity index (χ0v) is 10.4. The Kier molecular flexibility index (Phi) is 3.52. The highest BCUT2D eigenvalue weighted by Crippen LogP contribution is 2.28. The molecule has 0 aliphatic rings. The molecule has 0 saturated carbocycles. The minimum Gasteiger partial charge on any atom is -0.313 e. The molecule has 80 valence electrons. The maximum absolute atomic E-state index is 5.33. The number of thioether (sulfide) groups is 1. The van der Waals surface area contributed by atoms with Crippen LogP contribution in [0.3, 0.4) is 0 Å². The van der Waals surface area contributed by atoms with Crippen molar-refractivity contribution < 1.29 is 0 Å². The Morgan fingerprint density at radius 2 is 2.47 bits per heavy atom. The monoisotopic (exact) mass is 259 g/mol. The smallest absolute Gasteiger partial charge is 0.150 e. The van der Waals surface area contributed by atoms with Crippen molar-refractivity contribution in [1.82, 2.24) is 14.6 Å². The SMILES string of the molecule is Cc1csc(SCc2nnsc2NN)n1. The number of hydrazine groups is 1. The summed E-state index contributed by atoms with van der Waals surface area (Å²) < 4.78 is 4.87. The predicted octanol–water partition coefficient (Wildman–Crippen LogP) is 1.88. The topological polar surface area (TPSA) is 76.7 Å². The van der Waals surface area contributed by atoms with Gasteiger partial charge in [-0.1, -0.05) is 16.3 Å². The summed E-state index contributed by atoms with van der Waals surface area (Å²) in [5, 5.41) is 6.84. The molecule has 0 spiro atoms. The van der Waals surface area contributed by atoms with Gasteiger partial charge >= 0.3 is 0 Å². The van der Waals surface area contributed by atoms with E-state index in [1.165, 1.54) is 11.5 Å². The van der Waals surface area contributed by atoms with Crippen LogP contribution in [0.15, 0.2) is 9.72 Å². The molecule has 0 atom stereocenters. The molecular formula is C7H9N5S3. The molecule has 2 heterocycles. The standard InChI is InChI=1S/C7H9N5S3/c1-4-2-13-7(9-4)14-3-5-6(10-8)15-12-11-5/h2,10H,3,8H2,1H3. The number of hydrogen-bond acceptors (Lipinski definition) is 8. The van der Waals surface area contributed by atoms with Gasteiger partial charge in [0.2, 0.25) is 0 Å². The lowest BCUT2D eigenvalue weighted by molar-refractivity contribution is 1.07. The molecule has 2 aromatic rings. The van der Waals surface area contributed by atoms with Crippen molar-refractivity contribution in [2.45, 2.75) is 17.0 Å². The summed E-state index contributed by atoms with van der Waals surface area (Å²) in [6, 6.07) is 0. The Labute approximate surface area is 99.3 Å². The van der Waals surface area contributed by atoms with Gasteiger partial charge in [0.15, 0.2) is 0 Å². The Hall–Kier alpha value is -0.700. The maximum Gasteiger partial charge on any atom is 0.150 e. The fraction of sp³-hybridized carbons (Fsp3) is 0.286. The summed E-state index contributed by atoms with van der Waals surface area (Å²) in [6.45, 7) is 1.98. The molecule has 0 unspecified atom stereocenters. The van der Waals surface area contributed by atoms with Gasteiger partial charge in [-0.25, -0.2) is 10.8 Å². The Bertz CT molecular complexity index is 437. The number of nitrogens with zero attached hydrogens (tertiary/aromatic N) is 3. The highest BCUT2D eigenvalue weighted by molar-refractivity contribution is 8.00. The van der Waals surface area contributed by atoms with E-state index in [0.717, 1.165) is 26.5 Å². The molecule has 0 aliphatic heterocycles. The molecule has 0 amide bonds. The number of anilines is 1. The molecule has 0 aliphatic carbocycles. The molecule has 3 N–H and O–H groups in total. The zero-order valence-electron chi connectivity index (χ0n) is 7.93. The molecule has 15 heavy (non-hydrogen) atoms.